The molecule has 25 heavy (non-hydrogen) atoms. The number of thiazole rings is 1. The minimum atomic E-state index is -0.289. The molecular weight excluding hydrogens is 343 g/mol. The van der Waals surface area contributed by atoms with Gasteiger partial charge in [0, 0.05) is 19.5 Å². The second-order valence-corrected chi connectivity index (χ2v) is 6.98. The summed E-state index contributed by atoms with van der Waals surface area (Å²) in [6.45, 7) is 4.64. The van der Waals surface area contributed by atoms with Crippen LogP contribution in [0.4, 0.5) is 4.39 Å². The number of hydrogen-bond acceptors (Lipinski definition) is 6. The fraction of sp³-hybridized carbons (Fsp3) is 0.412. The zero-order chi connectivity index (χ0) is 17.4. The molecule has 0 spiro atoms. The van der Waals surface area contributed by atoms with Crippen LogP contribution in [0.3, 0.4) is 0 Å². The van der Waals surface area contributed by atoms with Crippen molar-refractivity contribution in [3.05, 3.63) is 46.3 Å². The van der Waals surface area contributed by atoms with Crippen LogP contribution in [0.15, 0.2) is 24.3 Å². The molecule has 1 aliphatic heterocycles. The summed E-state index contributed by atoms with van der Waals surface area (Å²) < 4.78 is 20.7. The molecule has 0 radical (unpaired) electrons. The summed E-state index contributed by atoms with van der Waals surface area (Å²) in [6.07, 6.45) is 0.708. The molecule has 1 N–H and O–H groups in total. The Morgan fingerprint density at radius 1 is 1.36 bits per heavy atom. The van der Waals surface area contributed by atoms with Crippen LogP contribution in [-0.4, -0.2) is 50.9 Å². The van der Waals surface area contributed by atoms with E-state index in [-0.39, 0.29) is 17.7 Å². The number of benzene rings is 1. The lowest BCUT2D eigenvalue weighted by atomic mass is 10.0. The molecular formula is C17H19FN4O2S. The molecule has 3 heterocycles. The highest BCUT2D eigenvalue weighted by Gasteiger charge is 2.30. The van der Waals surface area contributed by atoms with Crippen LogP contribution in [0.25, 0.3) is 4.96 Å². The fourth-order valence-electron chi connectivity index (χ4n) is 3.16. The number of ether oxygens (including phenoxy) is 1. The van der Waals surface area contributed by atoms with E-state index in [4.69, 9.17) is 4.74 Å². The maximum atomic E-state index is 13.8. The molecule has 1 saturated heterocycles. The molecule has 0 unspecified atom stereocenters. The van der Waals surface area contributed by atoms with E-state index < -0.39 is 0 Å². The van der Waals surface area contributed by atoms with E-state index >= 15 is 0 Å². The van der Waals surface area contributed by atoms with Crippen molar-refractivity contribution in [2.45, 2.75) is 19.4 Å². The second kappa shape index (κ2) is 6.70. The Labute approximate surface area is 148 Å². The third-order valence-corrected chi connectivity index (χ3v) is 5.46. The van der Waals surface area contributed by atoms with Gasteiger partial charge in [0.25, 0.3) is 0 Å². The molecule has 0 amide bonds. The number of aryl methyl sites for hydroxylation is 1. The summed E-state index contributed by atoms with van der Waals surface area (Å²) >= 11 is 1.40. The summed E-state index contributed by atoms with van der Waals surface area (Å²) in [7, 11) is 0. The van der Waals surface area contributed by atoms with Gasteiger partial charge in [0.1, 0.15) is 5.82 Å². The predicted molar refractivity (Wildman–Crippen MR) is 92.5 cm³/mol. The van der Waals surface area contributed by atoms with Crippen LogP contribution < -0.4 is 0 Å². The van der Waals surface area contributed by atoms with Crippen molar-refractivity contribution in [1.82, 2.24) is 19.5 Å². The highest BCUT2D eigenvalue weighted by atomic mass is 32.1. The molecule has 6 nitrogen and oxygen atoms in total. The van der Waals surface area contributed by atoms with E-state index in [0.29, 0.717) is 43.5 Å². The first-order valence-corrected chi connectivity index (χ1v) is 9.13. The van der Waals surface area contributed by atoms with E-state index in [1.807, 2.05) is 13.0 Å². The maximum absolute atomic E-state index is 13.8. The fourth-order valence-corrected chi connectivity index (χ4v) is 4.29. The number of morpholine rings is 1. The van der Waals surface area contributed by atoms with Gasteiger partial charge in [0.2, 0.25) is 10.8 Å². The molecule has 132 valence electrons. The average molecular weight is 362 g/mol. The molecule has 0 bridgehead atoms. The minimum absolute atomic E-state index is 0.0768. The lowest BCUT2D eigenvalue weighted by Gasteiger charge is -2.34. The van der Waals surface area contributed by atoms with Gasteiger partial charge in [-0.1, -0.05) is 30.4 Å². The van der Waals surface area contributed by atoms with Crippen molar-refractivity contribution in [2.75, 3.05) is 26.3 Å². The van der Waals surface area contributed by atoms with Gasteiger partial charge in [-0.15, -0.1) is 5.10 Å². The van der Waals surface area contributed by atoms with Crippen LogP contribution in [0.1, 0.15) is 29.2 Å². The standard InChI is InChI=1S/C17H19FN4O2S/c1-2-13-19-17-22(20-13)16(23)15(25-17)14(21-6-8-24-9-7-21)11-4-3-5-12(18)10-11/h3-5,10,14,23H,2,6-9H2,1H3/t14-/m1/s1. The highest BCUT2D eigenvalue weighted by Crippen LogP contribution is 2.40. The van der Waals surface area contributed by atoms with E-state index in [9.17, 15) is 9.50 Å². The largest absolute Gasteiger partial charge is 0.492 e. The summed E-state index contributed by atoms with van der Waals surface area (Å²) in [4.78, 5) is 8.02. The Hall–Kier alpha value is -2.03. The smallest absolute Gasteiger partial charge is 0.230 e. The lowest BCUT2D eigenvalue weighted by molar-refractivity contribution is 0.0240. The summed E-state index contributed by atoms with van der Waals surface area (Å²) in [5.41, 5.74) is 0.803. The first kappa shape index (κ1) is 16.4. The normalized spacial score (nSPS) is 17.2. The lowest BCUT2D eigenvalue weighted by Crippen LogP contribution is -2.39. The molecule has 4 rings (SSSR count). The zero-order valence-electron chi connectivity index (χ0n) is 13.9. The number of rotatable bonds is 4. The third kappa shape index (κ3) is 3.01. The summed E-state index contributed by atoms with van der Waals surface area (Å²) in [6, 6.07) is 6.28. The van der Waals surface area contributed by atoms with Gasteiger partial charge in [-0.05, 0) is 17.7 Å². The minimum Gasteiger partial charge on any atom is -0.492 e. The first-order valence-electron chi connectivity index (χ1n) is 8.32. The molecule has 1 aromatic carbocycles. The van der Waals surface area contributed by atoms with E-state index in [2.05, 4.69) is 15.0 Å². The molecule has 1 aliphatic rings. The molecule has 0 saturated carbocycles. The topological polar surface area (TPSA) is 62.9 Å². The quantitative estimate of drug-likeness (QED) is 0.773. The number of hydrogen-bond donors (Lipinski definition) is 1. The first-order chi connectivity index (χ1) is 12.2. The van der Waals surface area contributed by atoms with Crippen LogP contribution in [0.5, 0.6) is 5.88 Å². The van der Waals surface area contributed by atoms with Gasteiger partial charge in [-0.25, -0.2) is 9.37 Å². The SMILES string of the molecule is CCc1nc2sc([C@@H](c3cccc(F)c3)N3CCOCC3)c(O)n2n1. The Morgan fingerprint density at radius 3 is 2.84 bits per heavy atom. The van der Waals surface area contributed by atoms with Crippen LogP contribution in [-0.2, 0) is 11.2 Å². The summed E-state index contributed by atoms with van der Waals surface area (Å²) in [5, 5.41) is 15.1. The van der Waals surface area contributed by atoms with Crippen molar-refractivity contribution in [3.63, 3.8) is 0 Å². The second-order valence-electron chi connectivity index (χ2n) is 5.97. The number of nitrogens with zero attached hydrogens (tertiary/aromatic N) is 4. The van der Waals surface area contributed by atoms with Crippen molar-refractivity contribution >= 4 is 16.3 Å². The number of aromatic nitrogens is 3. The Bertz CT molecular complexity index is 888. The average Bonchev–Trinajstić information content (AvgIpc) is 3.16. The molecule has 3 aromatic rings. The Balaban J connectivity index is 1.82. The Kier molecular flexibility index (Phi) is 4.41. The molecule has 2 aromatic heterocycles. The maximum Gasteiger partial charge on any atom is 0.230 e. The van der Waals surface area contributed by atoms with Crippen molar-refractivity contribution in [2.24, 2.45) is 0 Å². The Morgan fingerprint density at radius 2 is 2.16 bits per heavy atom. The number of aromatic hydroxyl groups is 1. The van der Waals surface area contributed by atoms with Gasteiger partial charge in [0.15, 0.2) is 5.82 Å². The van der Waals surface area contributed by atoms with Crippen molar-refractivity contribution < 1.29 is 14.2 Å². The highest BCUT2D eigenvalue weighted by molar-refractivity contribution is 7.17. The van der Waals surface area contributed by atoms with Crippen LogP contribution in [0, 0.1) is 5.82 Å². The third-order valence-electron chi connectivity index (χ3n) is 4.38. The molecule has 1 atom stereocenters. The van der Waals surface area contributed by atoms with E-state index in [1.54, 1.807) is 6.07 Å². The van der Waals surface area contributed by atoms with E-state index in [0.717, 1.165) is 10.4 Å². The van der Waals surface area contributed by atoms with Gasteiger partial charge < -0.3 is 9.84 Å². The monoisotopic (exact) mass is 362 g/mol. The van der Waals surface area contributed by atoms with Crippen LogP contribution in [0.2, 0.25) is 0 Å². The molecule has 8 heteroatoms. The van der Waals surface area contributed by atoms with Crippen molar-refractivity contribution in [1.29, 1.82) is 0 Å². The number of halogens is 1. The van der Waals surface area contributed by atoms with Gasteiger partial charge in [-0.2, -0.15) is 4.52 Å². The van der Waals surface area contributed by atoms with E-state index in [1.165, 1.54) is 28.0 Å². The zero-order valence-corrected chi connectivity index (χ0v) is 14.7. The van der Waals surface area contributed by atoms with Gasteiger partial charge >= 0.3 is 0 Å². The van der Waals surface area contributed by atoms with Gasteiger partial charge in [0.05, 0.1) is 24.1 Å². The molecule has 0 aliphatic carbocycles. The van der Waals surface area contributed by atoms with Crippen LogP contribution >= 0.6 is 11.3 Å². The predicted octanol–water partition coefficient (Wildman–Crippen LogP) is 2.62. The number of fused-ring (bicyclic) bond motifs is 1. The summed E-state index contributed by atoms with van der Waals surface area (Å²) in [5.74, 6) is 0.484. The van der Waals surface area contributed by atoms with Gasteiger partial charge in [-0.3, -0.25) is 4.90 Å². The van der Waals surface area contributed by atoms with Crippen molar-refractivity contribution in [3.8, 4) is 5.88 Å². The molecule has 1 fully saturated rings.